The Morgan fingerprint density at radius 2 is 2.20 bits per heavy atom. The number of nitriles is 1. The molecule has 1 heterocycles. The Bertz CT molecular complexity index is 680. The van der Waals surface area contributed by atoms with Crippen molar-refractivity contribution < 1.29 is 13.9 Å². The topological polar surface area (TPSA) is 87.9 Å². The molecule has 0 spiro atoms. The van der Waals surface area contributed by atoms with Crippen LogP contribution in [0.25, 0.3) is 0 Å². The summed E-state index contributed by atoms with van der Waals surface area (Å²) in [6.07, 6.45) is 2.56. The number of anilines is 2. The number of rotatable bonds is 3. The Labute approximate surface area is 113 Å². The number of nitrogens with one attached hydrogen (secondary N) is 1. The van der Waals surface area contributed by atoms with Crippen LogP contribution in [0.4, 0.5) is 15.9 Å². The van der Waals surface area contributed by atoms with E-state index in [1.807, 2.05) is 6.07 Å². The van der Waals surface area contributed by atoms with Gasteiger partial charge in [0.05, 0.1) is 30.8 Å². The minimum Gasteiger partial charge on any atom is -0.464 e. The van der Waals surface area contributed by atoms with Crippen LogP contribution in [0.15, 0.2) is 30.6 Å². The van der Waals surface area contributed by atoms with Gasteiger partial charge in [-0.25, -0.2) is 19.2 Å². The van der Waals surface area contributed by atoms with Crippen LogP contribution in [-0.4, -0.2) is 23.0 Å². The normalized spacial score (nSPS) is 9.65. The van der Waals surface area contributed by atoms with Crippen molar-refractivity contribution in [2.75, 3.05) is 12.4 Å². The lowest BCUT2D eigenvalue weighted by atomic mass is 10.2. The Morgan fingerprint density at radius 3 is 2.80 bits per heavy atom. The number of methoxy groups -OCH3 is 1. The Balaban J connectivity index is 2.23. The second-order valence-electron chi connectivity index (χ2n) is 3.71. The van der Waals surface area contributed by atoms with Gasteiger partial charge < -0.3 is 10.1 Å². The van der Waals surface area contributed by atoms with Gasteiger partial charge >= 0.3 is 5.97 Å². The highest BCUT2D eigenvalue weighted by molar-refractivity contribution is 5.86. The molecule has 0 bridgehead atoms. The standard InChI is InChI=1S/C13H9FN4O2/c1-20-13(19)11-6-17-12(7-16-11)18-10-3-2-9(14)4-8(10)5-15/h2-4,6-7H,1H3,(H,17,18). The van der Waals surface area contributed by atoms with E-state index < -0.39 is 11.8 Å². The Kier molecular flexibility index (Phi) is 3.86. The highest BCUT2D eigenvalue weighted by atomic mass is 19.1. The van der Waals surface area contributed by atoms with E-state index in [-0.39, 0.29) is 11.3 Å². The predicted molar refractivity (Wildman–Crippen MR) is 67.8 cm³/mol. The highest BCUT2D eigenvalue weighted by Crippen LogP contribution is 2.19. The molecule has 0 aliphatic rings. The molecule has 2 rings (SSSR count). The van der Waals surface area contributed by atoms with Gasteiger partial charge in [0.15, 0.2) is 5.69 Å². The van der Waals surface area contributed by atoms with E-state index in [0.717, 1.165) is 6.07 Å². The molecule has 0 aliphatic carbocycles. The number of carbonyl (C=O) groups is 1. The molecule has 1 N–H and O–H groups in total. The van der Waals surface area contributed by atoms with Gasteiger partial charge in [-0.2, -0.15) is 5.26 Å². The fraction of sp³-hybridized carbons (Fsp3) is 0.0769. The maximum atomic E-state index is 13.0. The van der Waals surface area contributed by atoms with Crippen LogP contribution in [0.5, 0.6) is 0 Å². The second kappa shape index (κ2) is 5.75. The maximum Gasteiger partial charge on any atom is 0.358 e. The zero-order valence-corrected chi connectivity index (χ0v) is 10.4. The average molecular weight is 272 g/mol. The minimum absolute atomic E-state index is 0.0673. The Hall–Kier alpha value is -3.01. The molecule has 100 valence electrons. The van der Waals surface area contributed by atoms with Crippen LogP contribution < -0.4 is 5.32 Å². The molecule has 0 unspecified atom stereocenters. The number of hydrogen-bond acceptors (Lipinski definition) is 6. The van der Waals surface area contributed by atoms with Crippen molar-refractivity contribution in [2.24, 2.45) is 0 Å². The van der Waals surface area contributed by atoms with Gasteiger partial charge in [0, 0.05) is 0 Å². The first-order chi connectivity index (χ1) is 9.63. The van der Waals surface area contributed by atoms with Crippen LogP contribution >= 0.6 is 0 Å². The highest BCUT2D eigenvalue weighted by Gasteiger charge is 2.09. The largest absolute Gasteiger partial charge is 0.464 e. The van der Waals surface area contributed by atoms with Gasteiger partial charge in [0.1, 0.15) is 17.7 Å². The van der Waals surface area contributed by atoms with Crippen LogP contribution in [0, 0.1) is 17.1 Å². The van der Waals surface area contributed by atoms with Crippen LogP contribution in [0.1, 0.15) is 16.1 Å². The number of hydrogen-bond donors (Lipinski definition) is 1. The zero-order valence-electron chi connectivity index (χ0n) is 10.4. The number of carbonyl (C=O) groups excluding carboxylic acids is 1. The van der Waals surface area contributed by atoms with E-state index in [1.54, 1.807) is 0 Å². The lowest BCUT2D eigenvalue weighted by molar-refractivity contribution is 0.0593. The molecule has 1 aromatic carbocycles. The molecular formula is C13H9FN4O2. The van der Waals surface area contributed by atoms with Gasteiger partial charge in [-0.3, -0.25) is 0 Å². The lowest BCUT2D eigenvalue weighted by Crippen LogP contribution is -2.06. The van der Waals surface area contributed by atoms with E-state index in [9.17, 15) is 9.18 Å². The molecule has 0 fully saturated rings. The number of halogens is 1. The predicted octanol–water partition coefficient (Wildman–Crippen LogP) is 2.02. The van der Waals surface area contributed by atoms with Crippen molar-refractivity contribution in [3.05, 3.63) is 47.7 Å². The molecule has 20 heavy (non-hydrogen) atoms. The van der Waals surface area contributed by atoms with Gasteiger partial charge in [-0.1, -0.05) is 0 Å². The third-order valence-corrected chi connectivity index (χ3v) is 2.41. The summed E-state index contributed by atoms with van der Waals surface area (Å²) >= 11 is 0. The van der Waals surface area contributed by atoms with Crippen molar-refractivity contribution in [3.63, 3.8) is 0 Å². The molecule has 0 saturated heterocycles. The van der Waals surface area contributed by atoms with Gasteiger partial charge in [-0.15, -0.1) is 0 Å². The first kappa shape index (κ1) is 13.4. The van der Waals surface area contributed by atoms with E-state index >= 15 is 0 Å². The molecule has 0 atom stereocenters. The quantitative estimate of drug-likeness (QED) is 0.860. The summed E-state index contributed by atoms with van der Waals surface area (Å²) in [6.45, 7) is 0. The fourth-order valence-electron chi connectivity index (χ4n) is 1.46. The van der Waals surface area contributed by atoms with E-state index in [4.69, 9.17) is 5.26 Å². The molecule has 2 aromatic rings. The summed E-state index contributed by atoms with van der Waals surface area (Å²) in [4.78, 5) is 19.0. The summed E-state index contributed by atoms with van der Waals surface area (Å²) in [5.74, 6) is -0.775. The van der Waals surface area contributed by atoms with Crippen molar-refractivity contribution >= 4 is 17.5 Å². The molecule has 1 aromatic heterocycles. The number of esters is 1. The summed E-state index contributed by atoms with van der Waals surface area (Å²) in [5, 5.41) is 11.7. The fourth-order valence-corrected chi connectivity index (χ4v) is 1.46. The summed E-state index contributed by atoms with van der Waals surface area (Å²) in [5.41, 5.74) is 0.607. The van der Waals surface area contributed by atoms with Crippen LogP contribution in [0.3, 0.4) is 0 Å². The molecule has 0 radical (unpaired) electrons. The first-order valence-corrected chi connectivity index (χ1v) is 5.51. The van der Waals surface area contributed by atoms with Crippen LogP contribution in [0.2, 0.25) is 0 Å². The number of benzene rings is 1. The molecular weight excluding hydrogens is 263 g/mol. The van der Waals surface area contributed by atoms with E-state index in [2.05, 4.69) is 20.0 Å². The second-order valence-corrected chi connectivity index (χ2v) is 3.71. The third-order valence-electron chi connectivity index (χ3n) is 2.41. The molecule has 0 amide bonds. The SMILES string of the molecule is COC(=O)c1cnc(Nc2ccc(F)cc2C#N)cn1. The summed E-state index contributed by atoms with van der Waals surface area (Å²) in [6, 6.07) is 5.62. The van der Waals surface area contributed by atoms with Crippen molar-refractivity contribution in [2.45, 2.75) is 0 Å². The van der Waals surface area contributed by atoms with Crippen LogP contribution in [-0.2, 0) is 4.74 Å². The number of aromatic nitrogens is 2. The van der Waals surface area contributed by atoms with Gasteiger partial charge in [0.2, 0.25) is 0 Å². The lowest BCUT2D eigenvalue weighted by Gasteiger charge is -2.07. The van der Waals surface area contributed by atoms with Crippen molar-refractivity contribution in [3.8, 4) is 6.07 Å². The van der Waals surface area contributed by atoms with Gasteiger partial charge in [-0.05, 0) is 18.2 Å². The summed E-state index contributed by atoms with van der Waals surface area (Å²) in [7, 11) is 1.24. The third kappa shape index (κ3) is 2.87. The molecule has 0 saturated carbocycles. The van der Waals surface area contributed by atoms with E-state index in [0.29, 0.717) is 11.5 Å². The van der Waals surface area contributed by atoms with Crippen molar-refractivity contribution in [1.82, 2.24) is 9.97 Å². The average Bonchev–Trinajstić information content (AvgIpc) is 2.49. The minimum atomic E-state index is -0.594. The summed E-state index contributed by atoms with van der Waals surface area (Å²) < 4.78 is 17.5. The monoisotopic (exact) mass is 272 g/mol. The molecule has 6 nitrogen and oxygen atoms in total. The smallest absolute Gasteiger partial charge is 0.358 e. The molecule has 7 heteroatoms. The number of ether oxygens (including phenoxy) is 1. The number of nitrogens with zero attached hydrogens (tertiary/aromatic N) is 3. The first-order valence-electron chi connectivity index (χ1n) is 5.51. The zero-order chi connectivity index (χ0) is 14.5. The Morgan fingerprint density at radius 1 is 1.40 bits per heavy atom. The van der Waals surface area contributed by atoms with E-state index in [1.165, 1.54) is 31.6 Å². The molecule has 0 aliphatic heterocycles. The van der Waals surface area contributed by atoms with Crippen molar-refractivity contribution in [1.29, 1.82) is 5.26 Å². The van der Waals surface area contributed by atoms with Gasteiger partial charge in [0.25, 0.3) is 0 Å². The maximum absolute atomic E-state index is 13.0.